The van der Waals surface area contributed by atoms with Crippen LogP contribution >= 0.6 is 0 Å². The van der Waals surface area contributed by atoms with Gasteiger partial charge in [-0.3, -0.25) is 4.79 Å². The number of aliphatic hydroxyl groups excluding tert-OH is 1. The summed E-state index contributed by atoms with van der Waals surface area (Å²) in [5, 5.41) is 10.9. The standard InChI is InChI=1S/C22H28O5/c1-12-16-11-22(3)13(2)19(23)18(10-15(22)9-17(16)26-20(12)24)27-21(25)14-7-5-4-6-8-14/h9-10,13-14,18-19,23H,4-8,11H2,1-3H3/t13-,18-,19+,22+/m0/s1. The Morgan fingerprint density at radius 1 is 1.30 bits per heavy atom. The van der Waals surface area contributed by atoms with Gasteiger partial charge < -0.3 is 14.6 Å². The van der Waals surface area contributed by atoms with Crippen LogP contribution in [0.2, 0.25) is 0 Å². The van der Waals surface area contributed by atoms with Crippen LogP contribution < -0.4 is 0 Å². The summed E-state index contributed by atoms with van der Waals surface area (Å²) in [6, 6.07) is 0. The van der Waals surface area contributed by atoms with E-state index in [4.69, 9.17) is 9.47 Å². The summed E-state index contributed by atoms with van der Waals surface area (Å²) in [6.07, 6.45) is 8.02. The van der Waals surface area contributed by atoms with Crippen molar-refractivity contribution in [2.24, 2.45) is 17.3 Å². The lowest BCUT2D eigenvalue weighted by atomic mass is 9.60. The number of carbonyl (C=O) groups excluding carboxylic acids is 2. The first-order valence-corrected chi connectivity index (χ1v) is 10.1. The van der Waals surface area contributed by atoms with Crippen molar-refractivity contribution in [1.82, 2.24) is 0 Å². The molecule has 0 bridgehead atoms. The Bertz CT molecular complexity index is 768. The summed E-state index contributed by atoms with van der Waals surface area (Å²) in [4.78, 5) is 24.5. The van der Waals surface area contributed by atoms with Crippen LogP contribution in [0, 0.1) is 17.3 Å². The van der Waals surface area contributed by atoms with Crippen molar-refractivity contribution in [2.75, 3.05) is 0 Å². The third kappa shape index (κ3) is 2.96. The van der Waals surface area contributed by atoms with Crippen molar-refractivity contribution in [3.63, 3.8) is 0 Å². The molecule has 0 saturated heterocycles. The van der Waals surface area contributed by atoms with E-state index in [1.807, 2.05) is 19.1 Å². The van der Waals surface area contributed by atoms with Crippen molar-refractivity contribution in [3.05, 3.63) is 34.6 Å². The minimum atomic E-state index is -0.764. The predicted molar refractivity (Wildman–Crippen MR) is 99.3 cm³/mol. The number of esters is 2. The molecule has 146 valence electrons. The molecular formula is C22H28O5. The summed E-state index contributed by atoms with van der Waals surface area (Å²) < 4.78 is 11.1. The molecule has 0 aromatic heterocycles. The highest BCUT2D eigenvalue weighted by molar-refractivity contribution is 5.94. The van der Waals surface area contributed by atoms with Gasteiger partial charge in [0, 0.05) is 16.6 Å². The fraction of sp³-hybridized carbons (Fsp3) is 0.636. The van der Waals surface area contributed by atoms with E-state index in [1.54, 1.807) is 6.92 Å². The van der Waals surface area contributed by atoms with Gasteiger partial charge in [0.05, 0.1) is 12.0 Å². The fourth-order valence-electron chi connectivity index (χ4n) is 4.93. The molecule has 5 heteroatoms. The van der Waals surface area contributed by atoms with Crippen molar-refractivity contribution in [2.45, 2.75) is 71.5 Å². The van der Waals surface area contributed by atoms with Crippen molar-refractivity contribution >= 4 is 11.9 Å². The zero-order valence-electron chi connectivity index (χ0n) is 16.3. The molecule has 5 nitrogen and oxygen atoms in total. The lowest BCUT2D eigenvalue weighted by Crippen LogP contribution is -2.48. The van der Waals surface area contributed by atoms with Gasteiger partial charge in [0.25, 0.3) is 0 Å². The van der Waals surface area contributed by atoms with Crippen LogP contribution in [0.15, 0.2) is 34.6 Å². The minimum absolute atomic E-state index is 0.0503. The molecule has 0 aromatic rings. The minimum Gasteiger partial charge on any atom is -0.455 e. The first kappa shape index (κ1) is 18.5. The van der Waals surface area contributed by atoms with Crippen LogP contribution in [-0.2, 0) is 19.1 Å². The molecule has 1 aliphatic heterocycles. The van der Waals surface area contributed by atoms with Gasteiger partial charge in [-0.1, -0.05) is 33.1 Å². The molecule has 1 saturated carbocycles. The lowest BCUT2D eigenvalue weighted by Gasteiger charge is -2.47. The molecule has 4 rings (SSSR count). The number of hydrogen-bond donors (Lipinski definition) is 1. The summed E-state index contributed by atoms with van der Waals surface area (Å²) in [5.74, 6) is -0.0607. The number of carbonyl (C=O) groups is 2. The summed E-state index contributed by atoms with van der Waals surface area (Å²) >= 11 is 0. The number of ether oxygens (including phenoxy) is 2. The van der Waals surface area contributed by atoms with E-state index in [0.717, 1.165) is 36.8 Å². The molecule has 4 atom stereocenters. The second-order valence-corrected chi connectivity index (χ2v) is 8.73. The number of hydrogen-bond acceptors (Lipinski definition) is 5. The Kier molecular flexibility index (Phi) is 4.53. The van der Waals surface area contributed by atoms with Crippen LogP contribution in [0.1, 0.15) is 59.3 Å². The monoisotopic (exact) mass is 372 g/mol. The first-order chi connectivity index (χ1) is 12.8. The Morgan fingerprint density at radius 2 is 2.00 bits per heavy atom. The second-order valence-electron chi connectivity index (χ2n) is 8.73. The maximum absolute atomic E-state index is 12.6. The van der Waals surface area contributed by atoms with Crippen LogP contribution in [0.3, 0.4) is 0 Å². The van der Waals surface area contributed by atoms with Gasteiger partial charge in [-0.25, -0.2) is 4.79 Å². The Hall–Kier alpha value is -1.88. The molecule has 0 unspecified atom stereocenters. The Labute approximate surface area is 160 Å². The first-order valence-electron chi connectivity index (χ1n) is 10.1. The highest BCUT2D eigenvalue weighted by Crippen LogP contribution is 2.53. The van der Waals surface area contributed by atoms with Gasteiger partial charge in [-0.15, -0.1) is 0 Å². The molecule has 4 aliphatic rings. The van der Waals surface area contributed by atoms with Gasteiger partial charge in [0.2, 0.25) is 0 Å². The van der Waals surface area contributed by atoms with Crippen molar-refractivity contribution < 1.29 is 24.2 Å². The molecular weight excluding hydrogens is 344 g/mol. The average Bonchev–Trinajstić information content (AvgIpc) is 2.93. The number of fused-ring (bicyclic) bond motifs is 2. The number of allylic oxidation sites excluding steroid dienone is 3. The van der Waals surface area contributed by atoms with E-state index < -0.39 is 12.2 Å². The maximum Gasteiger partial charge on any atom is 0.339 e. The van der Waals surface area contributed by atoms with E-state index >= 15 is 0 Å². The third-order valence-electron chi connectivity index (χ3n) is 7.14. The van der Waals surface area contributed by atoms with Crippen LogP contribution in [0.25, 0.3) is 0 Å². The van der Waals surface area contributed by atoms with Gasteiger partial charge in [-0.05, 0) is 49.8 Å². The molecule has 0 radical (unpaired) electrons. The Balaban J connectivity index is 1.62. The van der Waals surface area contributed by atoms with E-state index in [2.05, 4.69) is 6.92 Å². The summed E-state index contributed by atoms with van der Waals surface area (Å²) in [5.41, 5.74) is 2.23. The van der Waals surface area contributed by atoms with Crippen molar-refractivity contribution in [1.29, 1.82) is 0 Å². The zero-order chi connectivity index (χ0) is 19.3. The maximum atomic E-state index is 12.6. The average molecular weight is 372 g/mol. The fourth-order valence-corrected chi connectivity index (χ4v) is 4.93. The van der Waals surface area contributed by atoms with Gasteiger partial charge in [-0.2, -0.15) is 0 Å². The molecule has 27 heavy (non-hydrogen) atoms. The molecule has 1 heterocycles. The normalized spacial score (nSPS) is 36.4. The lowest BCUT2D eigenvalue weighted by molar-refractivity contribution is -0.161. The molecule has 0 spiro atoms. The molecule has 0 amide bonds. The number of rotatable bonds is 2. The zero-order valence-corrected chi connectivity index (χ0v) is 16.3. The predicted octanol–water partition coefficient (Wildman–Crippen LogP) is 3.58. The molecule has 0 aromatic carbocycles. The van der Waals surface area contributed by atoms with Gasteiger partial charge in [0.1, 0.15) is 11.9 Å². The highest BCUT2D eigenvalue weighted by Gasteiger charge is 2.50. The third-order valence-corrected chi connectivity index (χ3v) is 7.14. The van der Waals surface area contributed by atoms with Crippen LogP contribution in [-0.4, -0.2) is 29.3 Å². The summed E-state index contributed by atoms with van der Waals surface area (Å²) in [6.45, 7) is 5.88. The van der Waals surface area contributed by atoms with E-state index in [-0.39, 0.29) is 29.2 Å². The Morgan fingerprint density at radius 3 is 2.70 bits per heavy atom. The van der Waals surface area contributed by atoms with E-state index in [0.29, 0.717) is 17.8 Å². The quantitative estimate of drug-likeness (QED) is 0.750. The topological polar surface area (TPSA) is 72.8 Å². The van der Waals surface area contributed by atoms with Crippen LogP contribution in [0.4, 0.5) is 0 Å². The van der Waals surface area contributed by atoms with E-state index in [9.17, 15) is 14.7 Å². The van der Waals surface area contributed by atoms with Gasteiger partial charge >= 0.3 is 11.9 Å². The molecule has 1 fully saturated rings. The van der Waals surface area contributed by atoms with Gasteiger partial charge in [0.15, 0.2) is 0 Å². The smallest absolute Gasteiger partial charge is 0.339 e. The molecule has 1 N–H and O–H groups in total. The largest absolute Gasteiger partial charge is 0.455 e. The number of aliphatic hydroxyl groups is 1. The summed E-state index contributed by atoms with van der Waals surface area (Å²) in [7, 11) is 0. The second kappa shape index (κ2) is 6.62. The van der Waals surface area contributed by atoms with Crippen molar-refractivity contribution in [3.8, 4) is 0 Å². The van der Waals surface area contributed by atoms with Crippen LogP contribution in [0.5, 0.6) is 0 Å². The SMILES string of the molecule is CC1=C2C[C@@]3(C)C(=C[C@H](OC(=O)C4CCCCC4)[C@H](O)[C@@H]3C)C=C2OC1=O. The molecule has 3 aliphatic carbocycles. The highest BCUT2D eigenvalue weighted by atomic mass is 16.6. The van der Waals surface area contributed by atoms with E-state index in [1.165, 1.54) is 6.42 Å².